The third kappa shape index (κ3) is 3.33. The highest BCUT2D eigenvalue weighted by molar-refractivity contribution is 5.23. The van der Waals surface area contributed by atoms with Gasteiger partial charge in [0.15, 0.2) is 0 Å². The lowest BCUT2D eigenvalue weighted by Crippen LogP contribution is -2.25. The third-order valence-corrected chi connectivity index (χ3v) is 4.13. The fourth-order valence-corrected chi connectivity index (χ4v) is 2.80. The first-order chi connectivity index (χ1) is 8.49. The largest absolute Gasteiger partial charge is 0.326 e. The van der Waals surface area contributed by atoms with Gasteiger partial charge in [0.25, 0.3) is 0 Å². The zero-order valence-electron chi connectivity index (χ0n) is 11.9. The van der Waals surface area contributed by atoms with Gasteiger partial charge in [-0.1, -0.05) is 45.0 Å². The summed E-state index contributed by atoms with van der Waals surface area (Å²) < 4.78 is 0. The minimum Gasteiger partial charge on any atom is -0.326 e. The van der Waals surface area contributed by atoms with E-state index in [2.05, 4.69) is 49.9 Å². The average Bonchev–Trinajstić information content (AvgIpc) is 2.77. The fraction of sp³-hybridized carbons (Fsp3) is 0.625. The summed E-state index contributed by atoms with van der Waals surface area (Å²) in [7, 11) is 0. The van der Waals surface area contributed by atoms with E-state index in [1.54, 1.807) is 0 Å². The van der Waals surface area contributed by atoms with Crippen LogP contribution in [0.2, 0.25) is 0 Å². The molecule has 1 aromatic carbocycles. The van der Waals surface area contributed by atoms with Crippen LogP contribution in [0.25, 0.3) is 0 Å². The summed E-state index contributed by atoms with van der Waals surface area (Å²) in [5.41, 5.74) is 8.76. The highest BCUT2D eigenvalue weighted by Crippen LogP contribution is 2.34. The van der Waals surface area contributed by atoms with Crippen LogP contribution >= 0.6 is 0 Å². The molecule has 1 heterocycles. The summed E-state index contributed by atoms with van der Waals surface area (Å²) in [6, 6.07) is 8.67. The predicted molar refractivity (Wildman–Crippen MR) is 77.2 cm³/mol. The molecule has 0 saturated carbocycles. The van der Waals surface area contributed by atoms with Crippen molar-refractivity contribution in [3.05, 3.63) is 35.4 Å². The minimum atomic E-state index is 0.438. The maximum Gasteiger partial charge on any atom is 0.0233 e. The van der Waals surface area contributed by atoms with E-state index in [1.165, 1.54) is 30.6 Å². The first-order valence-electron chi connectivity index (χ1n) is 6.99. The first kappa shape index (κ1) is 13.6. The predicted octanol–water partition coefficient (Wildman–Crippen LogP) is 3.01. The maximum absolute atomic E-state index is 5.69. The number of hydrogen-bond acceptors (Lipinski definition) is 2. The Labute approximate surface area is 111 Å². The molecule has 2 heteroatoms. The van der Waals surface area contributed by atoms with E-state index in [0.29, 0.717) is 12.0 Å². The number of nitrogens with zero attached hydrogens (tertiary/aromatic N) is 1. The molecule has 1 aliphatic heterocycles. The minimum absolute atomic E-state index is 0.438. The van der Waals surface area contributed by atoms with Gasteiger partial charge in [0.2, 0.25) is 0 Å². The lowest BCUT2D eigenvalue weighted by atomic mass is 9.80. The van der Waals surface area contributed by atoms with Crippen LogP contribution in [0, 0.1) is 11.3 Å². The van der Waals surface area contributed by atoms with Gasteiger partial charge in [0.1, 0.15) is 0 Å². The SMILES string of the molecule is CC(C)(C)C1CCN(Cc2cccc(CN)c2)C1. The van der Waals surface area contributed by atoms with E-state index in [4.69, 9.17) is 5.73 Å². The number of hydrogen-bond donors (Lipinski definition) is 1. The molecule has 0 bridgehead atoms. The molecular weight excluding hydrogens is 220 g/mol. The fourth-order valence-electron chi connectivity index (χ4n) is 2.80. The number of nitrogens with two attached hydrogens (primary N) is 1. The van der Waals surface area contributed by atoms with Crippen molar-refractivity contribution in [1.29, 1.82) is 0 Å². The zero-order chi connectivity index (χ0) is 13.2. The van der Waals surface area contributed by atoms with Gasteiger partial charge in [-0.3, -0.25) is 4.90 Å². The van der Waals surface area contributed by atoms with Gasteiger partial charge in [0.05, 0.1) is 0 Å². The highest BCUT2D eigenvalue weighted by Gasteiger charge is 2.31. The smallest absolute Gasteiger partial charge is 0.0233 e. The Bertz CT molecular complexity index is 392. The van der Waals surface area contributed by atoms with Gasteiger partial charge in [-0.25, -0.2) is 0 Å². The van der Waals surface area contributed by atoms with Gasteiger partial charge < -0.3 is 5.73 Å². The van der Waals surface area contributed by atoms with Crippen LogP contribution < -0.4 is 5.73 Å². The molecular formula is C16H26N2. The first-order valence-corrected chi connectivity index (χ1v) is 6.99. The molecule has 2 nitrogen and oxygen atoms in total. The Morgan fingerprint density at radius 3 is 2.61 bits per heavy atom. The Balaban J connectivity index is 1.95. The molecule has 1 unspecified atom stereocenters. The van der Waals surface area contributed by atoms with Crippen LogP contribution in [0.3, 0.4) is 0 Å². The highest BCUT2D eigenvalue weighted by atomic mass is 15.1. The lowest BCUT2D eigenvalue weighted by molar-refractivity contribution is 0.226. The molecule has 1 aromatic rings. The molecule has 18 heavy (non-hydrogen) atoms. The summed E-state index contributed by atoms with van der Waals surface area (Å²) in [5.74, 6) is 0.829. The molecule has 100 valence electrons. The summed E-state index contributed by atoms with van der Waals surface area (Å²) in [5, 5.41) is 0. The van der Waals surface area contributed by atoms with Crippen LogP contribution in [0.4, 0.5) is 0 Å². The van der Waals surface area contributed by atoms with Crippen molar-refractivity contribution >= 4 is 0 Å². The lowest BCUT2D eigenvalue weighted by Gasteiger charge is -2.27. The zero-order valence-corrected chi connectivity index (χ0v) is 11.9. The second-order valence-corrected chi connectivity index (χ2v) is 6.61. The third-order valence-electron chi connectivity index (χ3n) is 4.13. The standard InChI is InChI=1S/C16H26N2/c1-16(2,3)15-7-8-18(12-15)11-14-6-4-5-13(9-14)10-17/h4-6,9,15H,7-8,10-12,17H2,1-3H3. The molecule has 1 saturated heterocycles. The van der Waals surface area contributed by atoms with Crippen LogP contribution in [-0.4, -0.2) is 18.0 Å². The van der Waals surface area contributed by atoms with E-state index < -0.39 is 0 Å². The van der Waals surface area contributed by atoms with Crippen molar-refractivity contribution in [2.24, 2.45) is 17.1 Å². The van der Waals surface area contributed by atoms with Gasteiger partial charge in [0, 0.05) is 19.6 Å². The molecule has 1 aliphatic rings. The van der Waals surface area contributed by atoms with Crippen molar-refractivity contribution in [3.8, 4) is 0 Å². The van der Waals surface area contributed by atoms with Crippen LogP contribution in [0.5, 0.6) is 0 Å². The van der Waals surface area contributed by atoms with Crippen molar-refractivity contribution in [2.45, 2.75) is 40.3 Å². The summed E-state index contributed by atoms with van der Waals surface area (Å²) >= 11 is 0. The van der Waals surface area contributed by atoms with Crippen molar-refractivity contribution < 1.29 is 0 Å². The van der Waals surface area contributed by atoms with Crippen LogP contribution in [0.15, 0.2) is 24.3 Å². The number of benzene rings is 1. The Hall–Kier alpha value is -0.860. The normalized spacial score (nSPS) is 21.4. The topological polar surface area (TPSA) is 29.3 Å². The molecule has 2 N–H and O–H groups in total. The molecule has 1 fully saturated rings. The van der Waals surface area contributed by atoms with Crippen molar-refractivity contribution in [1.82, 2.24) is 4.90 Å². The van der Waals surface area contributed by atoms with Gasteiger partial charge in [-0.2, -0.15) is 0 Å². The van der Waals surface area contributed by atoms with Crippen molar-refractivity contribution in [2.75, 3.05) is 13.1 Å². The second-order valence-electron chi connectivity index (χ2n) is 6.61. The number of likely N-dealkylation sites (tertiary alicyclic amines) is 1. The molecule has 2 rings (SSSR count). The maximum atomic E-state index is 5.69. The van der Waals surface area contributed by atoms with Crippen LogP contribution in [0.1, 0.15) is 38.3 Å². The molecule has 0 radical (unpaired) electrons. The molecule has 0 aromatic heterocycles. The van der Waals surface area contributed by atoms with Gasteiger partial charge in [-0.15, -0.1) is 0 Å². The molecule has 0 amide bonds. The Kier molecular flexibility index (Phi) is 4.08. The second kappa shape index (κ2) is 5.41. The van der Waals surface area contributed by atoms with Crippen LogP contribution in [-0.2, 0) is 13.1 Å². The monoisotopic (exact) mass is 246 g/mol. The quantitative estimate of drug-likeness (QED) is 0.888. The van der Waals surface area contributed by atoms with E-state index in [-0.39, 0.29) is 0 Å². The summed E-state index contributed by atoms with van der Waals surface area (Å²) in [6.45, 7) is 11.2. The Morgan fingerprint density at radius 2 is 2.00 bits per heavy atom. The van der Waals surface area contributed by atoms with Crippen molar-refractivity contribution in [3.63, 3.8) is 0 Å². The van der Waals surface area contributed by atoms with E-state index in [9.17, 15) is 0 Å². The van der Waals surface area contributed by atoms with E-state index in [1.807, 2.05) is 0 Å². The van der Waals surface area contributed by atoms with Gasteiger partial charge >= 0.3 is 0 Å². The summed E-state index contributed by atoms with van der Waals surface area (Å²) in [4.78, 5) is 2.57. The summed E-state index contributed by atoms with van der Waals surface area (Å²) in [6.07, 6.45) is 1.33. The van der Waals surface area contributed by atoms with E-state index in [0.717, 1.165) is 12.5 Å². The molecule has 0 aliphatic carbocycles. The molecule has 0 spiro atoms. The Morgan fingerprint density at radius 1 is 1.28 bits per heavy atom. The van der Waals surface area contributed by atoms with Gasteiger partial charge in [-0.05, 0) is 35.4 Å². The van der Waals surface area contributed by atoms with E-state index >= 15 is 0 Å². The molecule has 1 atom stereocenters. The number of rotatable bonds is 3. The average molecular weight is 246 g/mol.